The van der Waals surface area contributed by atoms with Gasteiger partial charge in [0.2, 0.25) is 5.89 Å². The minimum absolute atomic E-state index is 0.412. The van der Waals surface area contributed by atoms with E-state index in [4.69, 9.17) is 20.8 Å². The van der Waals surface area contributed by atoms with Gasteiger partial charge in [-0.15, -0.1) is 0 Å². The molecule has 0 spiro atoms. The highest BCUT2D eigenvalue weighted by atomic mass is 35.5. The molecule has 136 valence electrons. The predicted octanol–water partition coefficient (Wildman–Crippen LogP) is 3.23. The molecular weight excluding hydrogens is 362 g/mol. The van der Waals surface area contributed by atoms with E-state index < -0.39 is 0 Å². The average Bonchev–Trinajstić information content (AvgIpc) is 3.31. The number of nitrogens with one attached hydrogen (secondary N) is 2. The van der Waals surface area contributed by atoms with Crippen molar-refractivity contribution in [2.45, 2.75) is 37.6 Å². The zero-order chi connectivity index (χ0) is 17.1. The Morgan fingerprint density at radius 1 is 1.24 bits per heavy atom. The highest BCUT2D eigenvalue weighted by Crippen LogP contribution is 2.39. The number of aromatic amines is 1. The van der Waals surface area contributed by atoms with Gasteiger partial charge in [-0.05, 0) is 25.7 Å². The second-order valence-electron chi connectivity index (χ2n) is 6.44. The fraction of sp³-hybridized carbons (Fsp3) is 0.625. The third-order valence-electron chi connectivity index (χ3n) is 4.82. The van der Waals surface area contributed by atoms with E-state index in [1.165, 1.54) is 6.26 Å². The van der Waals surface area contributed by atoms with Gasteiger partial charge in [-0.25, -0.2) is 14.0 Å². The Labute approximate surface area is 156 Å². The Kier molecular flexibility index (Phi) is 5.62. The van der Waals surface area contributed by atoms with Gasteiger partial charge >= 0.3 is 0 Å². The summed E-state index contributed by atoms with van der Waals surface area (Å²) in [6.45, 7) is 3.62. The summed E-state index contributed by atoms with van der Waals surface area (Å²) in [5.74, 6) is 0.875. The summed E-state index contributed by atoms with van der Waals surface area (Å²) in [6.07, 6.45) is 7.58. The second kappa shape index (κ2) is 8.09. The molecule has 0 atom stereocenters. The van der Waals surface area contributed by atoms with Gasteiger partial charge in [-0.1, -0.05) is 11.6 Å². The van der Waals surface area contributed by atoms with Crippen LogP contribution in [0.15, 0.2) is 16.9 Å². The van der Waals surface area contributed by atoms with Crippen LogP contribution < -0.4 is 4.72 Å². The maximum atomic E-state index is 6.52. The summed E-state index contributed by atoms with van der Waals surface area (Å²) >= 11 is 8.26. The summed E-state index contributed by atoms with van der Waals surface area (Å²) in [7, 11) is 0. The SMILES string of the molecule is Clc1c(-c2ncco2)n[nH]c1C1CCC(NSN2CCOCC2)CC1. The van der Waals surface area contributed by atoms with Crippen molar-refractivity contribution < 1.29 is 9.15 Å². The zero-order valence-corrected chi connectivity index (χ0v) is 15.5. The van der Waals surface area contributed by atoms with E-state index in [2.05, 4.69) is 24.2 Å². The molecule has 1 saturated carbocycles. The highest BCUT2D eigenvalue weighted by Gasteiger charge is 2.28. The lowest BCUT2D eigenvalue weighted by Gasteiger charge is -2.31. The molecule has 7 nitrogen and oxygen atoms in total. The van der Waals surface area contributed by atoms with Crippen LogP contribution in [0.4, 0.5) is 0 Å². The summed E-state index contributed by atoms with van der Waals surface area (Å²) in [4.78, 5) is 4.13. The molecule has 25 heavy (non-hydrogen) atoms. The summed E-state index contributed by atoms with van der Waals surface area (Å²) < 4.78 is 16.6. The molecule has 2 fully saturated rings. The van der Waals surface area contributed by atoms with Gasteiger partial charge in [-0.2, -0.15) is 5.10 Å². The van der Waals surface area contributed by atoms with Crippen LogP contribution in [0.1, 0.15) is 37.3 Å². The van der Waals surface area contributed by atoms with E-state index in [9.17, 15) is 0 Å². The lowest BCUT2D eigenvalue weighted by Crippen LogP contribution is -2.37. The maximum absolute atomic E-state index is 6.52. The third kappa shape index (κ3) is 4.03. The molecule has 4 rings (SSSR count). The number of halogens is 1. The smallest absolute Gasteiger partial charge is 0.248 e. The molecule has 1 saturated heterocycles. The van der Waals surface area contributed by atoms with Crippen LogP contribution in [-0.4, -0.2) is 51.8 Å². The summed E-state index contributed by atoms with van der Waals surface area (Å²) in [5, 5.41) is 8.04. The number of oxazole rings is 1. The Hall–Kier alpha value is -1.06. The topological polar surface area (TPSA) is 79.2 Å². The van der Waals surface area contributed by atoms with Gasteiger partial charge in [0.05, 0.1) is 30.1 Å². The van der Waals surface area contributed by atoms with Crippen molar-refractivity contribution in [2.75, 3.05) is 26.3 Å². The van der Waals surface area contributed by atoms with Crippen molar-refractivity contribution in [2.24, 2.45) is 0 Å². The molecule has 0 unspecified atom stereocenters. The molecule has 1 aliphatic carbocycles. The second-order valence-corrected chi connectivity index (χ2v) is 7.75. The molecule has 1 aliphatic heterocycles. The fourth-order valence-corrected chi connectivity index (χ4v) is 4.57. The van der Waals surface area contributed by atoms with Crippen molar-refractivity contribution in [1.29, 1.82) is 0 Å². The first-order chi connectivity index (χ1) is 12.3. The Morgan fingerprint density at radius 3 is 2.76 bits per heavy atom. The molecule has 3 heterocycles. The van der Waals surface area contributed by atoms with Crippen molar-refractivity contribution in [1.82, 2.24) is 24.2 Å². The Balaban J connectivity index is 1.30. The average molecular weight is 384 g/mol. The molecule has 0 bridgehead atoms. The van der Waals surface area contributed by atoms with E-state index in [0.29, 0.717) is 28.6 Å². The van der Waals surface area contributed by atoms with E-state index in [-0.39, 0.29) is 0 Å². The minimum Gasteiger partial charge on any atom is -0.443 e. The number of hydrogen-bond acceptors (Lipinski definition) is 7. The van der Waals surface area contributed by atoms with E-state index >= 15 is 0 Å². The third-order valence-corrected chi connectivity index (χ3v) is 6.27. The standard InChI is InChI=1S/C16H22ClN5O2S/c17-13-14(19-20-15(13)16-18-5-8-24-16)11-1-3-12(4-2-11)21-25-22-6-9-23-10-7-22/h5,8,11-12,21H,1-4,6-7,9-10H2,(H,19,20). The van der Waals surface area contributed by atoms with Crippen molar-refractivity contribution >= 4 is 23.7 Å². The molecule has 0 amide bonds. The number of H-pyrrole nitrogens is 1. The molecular formula is C16H22ClN5O2S. The minimum atomic E-state index is 0.412. The van der Waals surface area contributed by atoms with Crippen LogP contribution in [-0.2, 0) is 4.74 Å². The maximum Gasteiger partial charge on any atom is 0.248 e. The first-order valence-electron chi connectivity index (χ1n) is 8.70. The largest absolute Gasteiger partial charge is 0.443 e. The van der Waals surface area contributed by atoms with Crippen molar-refractivity contribution in [3.63, 3.8) is 0 Å². The summed E-state index contributed by atoms with van der Waals surface area (Å²) in [5.41, 5.74) is 1.61. The van der Waals surface area contributed by atoms with E-state index in [0.717, 1.165) is 57.7 Å². The van der Waals surface area contributed by atoms with Gasteiger partial charge in [0.15, 0.2) is 5.69 Å². The van der Waals surface area contributed by atoms with Gasteiger partial charge in [0.25, 0.3) is 0 Å². The number of nitrogens with zero attached hydrogens (tertiary/aromatic N) is 3. The summed E-state index contributed by atoms with van der Waals surface area (Å²) in [6, 6.07) is 0.539. The van der Waals surface area contributed by atoms with Crippen LogP contribution in [0.5, 0.6) is 0 Å². The van der Waals surface area contributed by atoms with Crippen LogP contribution in [0.3, 0.4) is 0 Å². The number of ether oxygens (including phenoxy) is 1. The number of morpholine rings is 1. The highest BCUT2D eigenvalue weighted by molar-refractivity contribution is 7.95. The van der Waals surface area contributed by atoms with Crippen LogP contribution in [0.25, 0.3) is 11.6 Å². The first kappa shape index (κ1) is 17.4. The Bertz CT molecular complexity index is 666. The fourth-order valence-electron chi connectivity index (χ4n) is 3.38. The zero-order valence-electron chi connectivity index (χ0n) is 13.9. The van der Waals surface area contributed by atoms with Gasteiger partial charge in [0, 0.05) is 37.2 Å². The molecule has 0 aromatic carbocycles. The van der Waals surface area contributed by atoms with Gasteiger partial charge in [-0.3, -0.25) is 5.10 Å². The van der Waals surface area contributed by atoms with Crippen LogP contribution in [0.2, 0.25) is 5.02 Å². The van der Waals surface area contributed by atoms with Crippen LogP contribution >= 0.6 is 23.7 Å². The quantitative estimate of drug-likeness (QED) is 0.767. The monoisotopic (exact) mass is 383 g/mol. The van der Waals surface area contributed by atoms with Crippen molar-refractivity contribution in [3.8, 4) is 11.6 Å². The Morgan fingerprint density at radius 2 is 2.04 bits per heavy atom. The number of aromatic nitrogens is 3. The molecule has 9 heteroatoms. The van der Waals surface area contributed by atoms with E-state index in [1.807, 2.05) is 0 Å². The lowest BCUT2D eigenvalue weighted by atomic mass is 9.84. The molecule has 2 N–H and O–H groups in total. The predicted molar refractivity (Wildman–Crippen MR) is 97.2 cm³/mol. The van der Waals surface area contributed by atoms with Gasteiger partial charge < -0.3 is 9.15 Å². The number of rotatable bonds is 5. The van der Waals surface area contributed by atoms with Gasteiger partial charge in [0.1, 0.15) is 6.26 Å². The lowest BCUT2D eigenvalue weighted by molar-refractivity contribution is 0.0768. The molecule has 2 aromatic rings. The molecule has 2 aromatic heterocycles. The first-order valence-corrected chi connectivity index (χ1v) is 9.85. The molecule has 2 aliphatic rings. The van der Waals surface area contributed by atoms with Crippen molar-refractivity contribution in [3.05, 3.63) is 23.2 Å². The van der Waals surface area contributed by atoms with E-state index in [1.54, 1.807) is 18.3 Å². The van der Waals surface area contributed by atoms with Crippen LogP contribution in [0, 0.1) is 0 Å². The normalized spacial score (nSPS) is 25.3. The number of hydrogen-bond donors (Lipinski definition) is 2. The molecule has 0 radical (unpaired) electrons.